The van der Waals surface area contributed by atoms with Crippen LogP contribution in [0.5, 0.6) is 0 Å². The zero-order valence-electron chi connectivity index (χ0n) is 13.3. The first-order valence-corrected chi connectivity index (χ1v) is 8.27. The van der Waals surface area contributed by atoms with E-state index in [2.05, 4.69) is 45.0 Å². The Balaban J connectivity index is 1.99. The van der Waals surface area contributed by atoms with Crippen molar-refractivity contribution in [1.29, 1.82) is 0 Å². The third-order valence-electron chi connectivity index (χ3n) is 5.99. The molecule has 3 aliphatic carbocycles. The highest BCUT2D eigenvalue weighted by Crippen LogP contribution is 2.60. The molecule has 110 valence electrons. The highest BCUT2D eigenvalue weighted by atomic mass is 16.1. The fourth-order valence-electron chi connectivity index (χ4n) is 5.03. The fraction of sp³-hybridized carbons (Fsp3) is 0.550. The molecule has 4 rings (SSSR count). The molecule has 1 heteroatoms. The number of fused-ring (bicyclic) bond motifs is 5. The normalized spacial score (nSPS) is 30.7. The predicted molar refractivity (Wildman–Crippen MR) is 85.8 cm³/mol. The van der Waals surface area contributed by atoms with Gasteiger partial charge in [-0.25, -0.2) is 0 Å². The molecule has 1 spiro atoms. The predicted octanol–water partition coefficient (Wildman–Crippen LogP) is 4.94. The van der Waals surface area contributed by atoms with Gasteiger partial charge in [-0.3, -0.25) is 4.79 Å². The largest absolute Gasteiger partial charge is 0.294 e. The number of carbonyl (C=O) groups is 1. The molecule has 2 unspecified atom stereocenters. The Hall–Kier alpha value is -1.37. The Morgan fingerprint density at radius 3 is 2.67 bits per heavy atom. The first kappa shape index (κ1) is 13.3. The van der Waals surface area contributed by atoms with Crippen LogP contribution in [0.1, 0.15) is 74.4 Å². The molecular formula is C20H24O. The highest BCUT2D eigenvalue weighted by molar-refractivity contribution is 5.99. The number of ketones is 1. The summed E-state index contributed by atoms with van der Waals surface area (Å²) in [4.78, 5) is 12.5. The van der Waals surface area contributed by atoms with Gasteiger partial charge in [0.15, 0.2) is 5.78 Å². The molecule has 2 bridgehead atoms. The van der Waals surface area contributed by atoms with Crippen LogP contribution in [-0.2, 0) is 10.8 Å². The molecule has 0 aromatic heterocycles. The fourth-order valence-corrected chi connectivity index (χ4v) is 5.03. The SMILES string of the molecule is CC(C)(C)c1cccc2c1C1(CCC2=O)CC2=CCC1C2. The summed E-state index contributed by atoms with van der Waals surface area (Å²) >= 11 is 0. The van der Waals surface area contributed by atoms with E-state index < -0.39 is 0 Å². The molecule has 0 N–H and O–H groups in total. The molecule has 2 atom stereocenters. The third kappa shape index (κ3) is 1.73. The van der Waals surface area contributed by atoms with Crippen molar-refractivity contribution in [1.82, 2.24) is 0 Å². The van der Waals surface area contributed by atoms with E-state index in [0.717, 1.165) is 24.3 Å². The lowest BCUT2D eigenvalue weighted by molar-refractivity contribution is 0.0938. The Kier molecular flexibility index (Phi) is 2.59. The average Bonchev–Trinajstić information content (AvgIpc) is 3.03. The van der Waals surface area contributed by atoms with Gasteiger partial charge in [0.25, 0.3) is 0 Å². The van der Waals surface area contributed by atoms with Gasteiger partial charge in [0.1, 0.15) is 0 Å². The Labute approximate surface area is 127 Å². The van der Waals surface area contributed by atoms with E-state index in [1.165, 1.54) is 30.4 Å². The van der Waals surface area contributed by atoms with Gasteiger partial charge in [-0.15, -0.1) is 0 Å². The van der Waals surface area contributed by atoms with Crippen molar-refractivity contribution in [3.05, 3.63) is 46.5 Å². The zero-order chi connectivity index (χ0) is 14.8. The van der Waals surface area contributed by atoms with Gasteiger partial charge >= 0.3 is 0 Å². The summed E-state index contributed by atoms with van der Waals surface area (Å²) < 4.78 is 0. The van der Waals surface area contributed by atoms with Gasteiger partial charge in [0, 0.05) is 17.4 Å². The summed E-state index contributed by atoms with van der Waals surface area (Å²) in [6.45, 7) is 6.84. The number of allylic oxidation sites excluding steroid dienone is 2. The minimum absolute atomic E-state index is 0.103. The van der Waals surface area contributed by atoms with Crippen LogP contribution < -0.4 is 0 Å². The molecule has 1 aromatic carbocycles. The third-order valence-corrected chi connectivity index (χ3v) is 5.99. The number of rotatable bonds is 0. The lowest BCUT2D eigenvalue weighted by Crippen LogP contribution is -2.39. The van der Waals surface area contributed by atoms with E-state index in [-0.39, 0.29) is 10.8 Å². The first-order chi connectivity index (χ1) is 9.92. The number of hydrogen-bond donors (Lipinski definition) is 0. The number of carbonyl (C=O) groups excluding carboxylic acids is 1. The summed E-state index contributed by atoms with van der Waals surface area (Å²) in [7, 11) is 0. The Morgan fingerprint density at radius 2 is 2.05 bits per heavy atom. The van der Waals surface area contributed by atoms with Gasteiger partial charge in [-0.1, -0.05) is 50.6 Å². The molecule has 1 fully saturated rings. The maximum absolute atomic E-state index is 12.5. The van der Waals surface area contributed by atoms with Crippen LogP contribution in [0.2, 0.25) is 0 Å². The summed E-state index contributed by atoms with van der Waals surface area (Å²) in [6, 6.07) is 6.43. The molecular weight excluding hydrogens is 256 g/mol. The minimum Gasteiger partial charge on any atom is -0.294 e. The van der Waals surface area contributed by atoms with E-state index in [0.29, 0.717) is 5.78 Å². The van der Waals surface area contributed by atoms with Crippen molar-refractivity contribution in [3.63, 3.8) is 0 Å². The van der Waals surface area contributed by atoms with Gasteiger partial charge in [-0.2, -0.15) is 0 Å². The summed E-state index contributed by atoms with van der Waals surface area (Å²) in [6.07, 6.45) is 7.95. The van der Waals surface area contributed by atoms with Crippen molar-refractivity contribution in [2.45, 2.75) is 63.7 Å². The standard InChI is InChI=1S/C20H24O/c1-19(2,3)16-6-4-5-15-17(21)9-10-20(18(15)16)12-13-7-8-14(20)11-13/h4-7,14H,8-12H2,1-3H3. The van der Waals surface area contributed by atoms with E-state index in [1.807, 2.05) is 0 Å². The van der Waals surface area contributed by atoms with Gasteiger partial charge < -0.3 is 0 Å². The second-order valence-electron chi connectivity index (χ2n) is 8.23. The van der Waals surface area contributed by atoms with E-state index in [1.54, 1.807) is 5.57 Å². The Morgan fingerprint density at radius 1 is 1.24 bits per heavy atom. The lowest BCUT2D eigenvalue weighted by atomic mass is 9.59. The molecule has 0 heterocycles. The van der Waals surface area contributed by atoms with Gasteiger partial charge in [-0.05, 0) is 48.1 Å². The van der Waals surface area contributed by atoms with Crippen molar-refractivity contribution in [3.8, 4) is 0 Å². The molecule has 0 amide bonds. The topological polar surface area (TPSA) is 17.1 Å². The number of hydrogen-bond acceptors (Lipinski definition) is 1. The Bertz CT molecular complexity index is 659. The second kappa shape index (κ2) is 4.09. The maximum atomic E-state index is 12.5. The molecule has 0 radical (unpaired) electrons. The molecule has 1 saturated carbocycles. The van der Waals surface area contributed by atoms with E-state index in [9.17, 15) is 4.79 Å². The van der Waals surface area contributed by atoms with Crippen LogP contribution in [-0.4, -0.2) is 5.78 Å². The monoisotopic (exact) mass is 280 g/mol. The van der Waals surface area contributed by atoms with Crippen molar-refractivity contribution in [2.24, 2.45) is 5.92 Å². The first-order valence-electron chi connectivity index (χ1n) is 8.27. The quantitative estimate of drug-likeness (QED) is 0.615. The van der Waals surface area contributed by atoms with Crippen LogP contribution in [0.25, 0.3) is 0 Å². The van der Waals surface area contributed by atoms with Gasteiger partial charge in [0.2, 0.25) is 0 Å². The van der Waals surface area contributed by atoms with Crippen LogP contribution in [0.3, 0.4) is 0 Å². The zero-order valence-corrected chi connectivity index (χ0v) is 13.3. The van der Waals surface area contributed by atoms with Gasteiger partial charge in [0.05, 0.1) is 0 Å². The van der Waals surface area contributed by atoms with Crippen LogP contribution >= 0.6 is 0 Å². The highest BCUT2D eigenvalue weighted by Gasteiger charge is 2.52. The van der Waals surface area contributed by atoms with Crippen LogP contribution in [0.4, 0.5) is 0 Å². The number of Topliss-reactive ketones (excluding diaryl/α,β-unsaturated/α-hetero) is 1. The molecule has 0 saturated heterocycles. The molecule has 1 aromatic rings. The van der Waals surface area contributed by atoms with Crippen LogP contribution in [0, 0.1) is 5.92 Å². The van der Waals surface area contributed by atoms with E-state index in [4.69, 9.17) is 0 Å². The van der Waals surface area contributed by atoms with Crippen molar-refractivity contribution < 1.29 is 4.79 Å². The number of benzene rings is 1. The molecule has 21 heavy (non-hydrogen) atoms. The average molecular weight is 280 g/mol. The van der Waals surface area contributed by atoms with Crippen LogP contribution in [0.15, 0.2) is 29.8 Å². The summed E-state index contributed by atoms with van der Waals surface area (Å²) in [5, 5.41) is 0. The molecule has 0 aliphatic heterocycles. The van der Waals surface area contributed by atoms with Crippen molar-refractivity contribution >= 4 is 5.78 Å². The lowest BCUT2D eigenvalue weighted by Gasteiger charge is -2.44. The molecule has 3 aliphatic rings. The smallest absolute Gasteiger partial charge is 0.163 e. The summed E-state index contributed by atoms with van der Waals surface area (Å²) in [5.41, 5.74) is 5.86. The molecule has 1 nitrogen and oxygen atoms in total. The summed E-state index contributed by atoms with van der Waals surface area (Å²) in [5.74, 6) is 1.10. The van der Waals surface area contributed by atoms with Crippen molar-refractivity contribution in [2.75, 3.05) is 0 Å². The minimum atomic E-state index is 0.103. The maximum Gasteiger partial charge on any atom is 0.163 e. The van der Waals surface area contributed by atoms with E-state index >= 15 is 0 Å². The second-order valence-corrected chi connectivity index (χ2v) is 8.23.